The van der Waals surface area contributed by atoms with Crippen molar-refractivity contribution in [3.8, 4) is 5.75 Å². The van der Waals surface area contributed by atoms with Crippen molar-refractivity contribution < 1.29 is 14.3 Å². The Morgan fingerprint density at radius 1 is 0.950 bits per heavy atom. The summed E-state index contributed by atoms with van der Waals surface area (Å²) in [5.41, 5.74) is 7.57. The third kappa shape index (κ3) is 5.23. The van der Waals surface area contributed by atoms with Crippen molar-refractivity contribution in [2.75, 3.05) is 38.2 Å². The van der Waals surface area contributed by atoms with Crippen molar-refractivity contribution in [2.45, 2.75) is 52.4 Å². The van der Waals surface area contributed by atoms with Crippen LogP contribution in [0.15, 0.2) is 72.3 Å². The lowest BCUT2D eigenvalue weighted by atomic mass is 9.68. The predicted molar refractivity (Wildman–Crippen MR) is 162 cm³/mol. The summed E-state index contributed by atoms with van der Waals surface area (Å²) in [4.78, 5) is 30.9. The largest absolute Gasteiger partial charge is 0.492 e. The number of benzene rings is 3. The molecule has 0 fully saturated rings. The van der Waals surface area contributed by atoms with Gasteiger partial charge in [0.05, 0.1) is 0 Å². The lowest BCUT2D eigenvalue weighted by Crippen LogP contribution is -2.30. The highest BCUT2D eigenvalue weighted by Gasteiger charge is 2.43. The van der Waals surface area contributed by atoms with Crippen molar-refractivity contribution >= 4 is 23.0 Å². The van der Waals surface area contributed by atoms with Gasteiger partial charge in [-0.05, 0) is 84.1 Å². The highest BCUT2D eigenvalue weighted by atomic mass is 16.5. The van der Waals surface area contributed by atoms with Gasteiger partial charge >= 0.3 is 0 Å². The van der Waals surface area contributed by atoms with E-state index < -0.39 is 0 Å². The molecule has 0 aliphatic heterocycles. The van der Waals surface area contributed by atoms with Crippen LogP contribution in [0.1, 0.15) is 66.7 Å². The van der Waals surface area contributed by atoms with Crippen LogP contribution in [0.2, 0.25) is 0 Å². The number of hydrogen-bond donors (Lipinski definition) is 0. The maximum absolute atomic E-state index is 13.8. The third-order valence-corrected chi connectivity index (χ3v) is 8.72. The number of nitrogens with zero attached hydrogens (tertiary/aromatic N) is 2. The molecule has 2 aliphatic rings. The number of carbonyl (C=O) groups excluding carboxylic acids is 2. The minimum Gasteiger partial charge on any atom is -0.492 e. The molecule has 0 saturated heterocycles. The Morgan fingerprint density at radius 2 is 1.68 bits per heavy atom. The molecule has 5 heteroatoms. The molecule has 0 spiro atoms. The fraction of sp³-hybridized carbons (Fsp3) is 0.371. The summed E-state index contributed by atoms with van der Waals surface area (Å²) in [6.07, 6.45) is 1.87. The minimum absolute atomic E-state index is 0.0804. The van der Waals surface area contributed by atoms with Crippen molar-refractivity contribution in [3.63, 3.8) is 0 Å². The summed E-state index contributed by atoms with van der Waals surface area (Å²) in [5.74, 6) is 0.971. The second-order valence-corrected chi connectivity index (χ2v) is 11.3. The van der Waals surface area contributed by atoms with E-state index in [2.05, 4.69) is 56.9 Å². The zero-order chi connectivity index (χ0) is 28.4. The number of Topliss-reactive ketones (excluding diaryl/α,β-unsaturated/α-hetero) is 1. The monoisotopic (exact) mass is 536 g/mol. The summed E-state index contributed by atoms with van der Waals surface area (Å²) < 4.78 is 6.11. The smallest absolute Gasteiger partial charge is 0.227 e. The third-order valence-electron chi connectivity index (χ3n) is 8.72. The maximum Gasteiger partial charge on any atom is 0.227 e. The van der Waals surface area contributed by atoms with Gasteiger partial charge in [0, 0.05) is 42.3 Å². The molecule has 3 aromatic rings. The van der Waals surface area contributed by atoms with E-state index in [1.807, 2.05) is 49.5 Å². The molecular weight excluding hydrogens is 496 g/mol. The number of hydrogen-bond acceptors (Lipinski definition) is 4. The van der Waals surface area contributed by atoms with E-state index in [0.717, 1.165) is 70.0 Å². The van der Waals surface area contributed by atoms with E-state index in [4.69, 9.17) is 4.74 Å². The molecule has 0 unspecified atom stereocenters. The van der Waals surface area contributed by atoms with Crippen molar-refractivity contribution in [3.05, 3.63) is 100 Å². The summed E-state index contributed by atoms with van der Waals surface area (Å²) >= 11 is 0. The summed E-state index contributed by atoms with van der Waals surface area (Å²) in [6.45, 7) is 12.2. The Bertz CT molecular complexity index is 1450. The van der Waals surface area contributed by atoms with Gasteiger partial charge in [-0.2, -0.15) is 0 Å². The molecule has 0 N–H and O–H groups in total. The average Bonchev–Trinajstić information content (AvgIpc) is 3.37. The van der Waals surface area contributed by atoms with Crippen LogP contribution in [0.3, 0.4) is 0 Å². The zero-order valence-electron chi connectivity index (χ0n) is 24.4. The molecule has 1 amide bonds. The molecule has 0 heterocycles. The SMILES string of the molecule is CCN(CC)CCOc1ccc2c(c1)C(C)(C)C1=C(C2=O)c2ccc(N(C)C(=O)CCc3ccccc3)cc2C1. The van der Waals surface area contributed by atoms with Gasteiger partial charge < -0.3 is 14.5 Å². The van der Waals surface area contributed by atoms with Gasteiger partial charge in [0.15, 0.2) is 5.78 Å². The van der Waals surface area contributed by atoms with Crippen LogP contribution in [0.4, 0.5) is 5.69 Å². The number of carbonyl (C=O) groups is 2. The van der Waals surface area contributed by atoms with Crippen LogP contribution in [-0.2, 0) is 23.1 Å². The number of ether oxygens (including phenoxy) is 1. The first kappa shape index (κ1) is 27.9. The molecule has 2 aliphatic carbocycles. The van der Waals surface area contributed by atoms with Gasteiger partial charge in [-0.1, -0.05) is 64.1 Å². The number of fused-ring (bicyclic) bond motifs is 3. The van der Waals surface area contributed by atoms with Crippen LogP contribution < -0.4 is 9.64 Å². The second kappa shape index (κ2) is 11.4. The molecule has 0 aromatic heterocycles. The molecule has 0 bridgehead atoms. The Kier molecular flexibility index (Phi) is 7.95. The van der Waals surface area contributed by atoms with E-state index in [9.17, 15) is 9.59 Å². The lowest BCUT2D eigenvalue weighted by Gasteiger charge is -2.34. The quantitative estimate of drug-likeness (QED) is 0.297. The number of aryl methyl sites for hydroxylation is 1. The molecule has 0 radical (unpaired) electrons. The maximum atomic E-state index is 13.8. The second-order valence-electron chi connectivity index (χ2n) is 11.3. The van der Waals surface area contributed by atoms with E-state index >= 15 is 0 Å². The van der Waals surface area contributed by atoms with Crippen LogP contribution >= 0.6 is 0 Å². The number of likely N-dealkylation sites (N-methyl/N-ethyl adjacent to an activating group) is 1. The number of ketones is 1. The van der Waals surface area contributed by atoms with E-state index in [-0.39, 0.29) is 17.1 Å². The minimum atomic E-state index is -0.312. The molecule has 5 rings (SSSR count). The van der Waals surface area contributed by atoms with E-state index in [0.29, 0.717) is 25.9 Å². The van der Waals surface area contributed by atoms with E-state index in [1.54, 1.807) is 4.90 Å². The van der Waals surface area contributed by atoms with Crippen molar-refractivity contribution in [1.82, 2.24) is 4.90 Å². The van der Waals surface area contributed by atoms with Gasteiger partial charge in [0.2, 0.25) is 5.91 Å². The van der Waals surface area contributed by atoms with Gasteiger partial charge in [-0.3, -0.25) is 9.59 Å². The van der Waals surface area contributed by atoms with Gasteiger partial charge in [-0.15, -0.1) is 0 Å². The van der Waals surface area contributed by atoms with Crippen molar-refractivity contribution in [1.29, 1.82) is 0 Å². The lowest BCUT2D eigenvalue weighted by molar-refractivity contribution is -0.118. The highest BCUT2D eigenvalue weighted by Crippen LogP contribution is 2.50. The molecule has 3 aromatic carbocycles. The van der Waals surface area contributed by atoms with Crippen LogP contribution in [0.5, 0.6) is 5.75 Å². The molecule has 208 valence electrons. The first-order chi connectivity index (χ1) is 19.2. The first-order valence-electron chi connectivity index (χ1n) is 14.5. The summed E-state index contributed by atoms with van der Waals surface area (Å²) in [5, 5.41) is 0. The van der Waals surface area contributed by atoms with Crippen LogP contribution in [0.25, 0.3) is 5.57 Å². The number of allylic oxidation sites excluding steroid dienone is 2. The summed E-state index contributed by atoms with van der Waals surface area (Å²) in [7, 11) is 1.84. The normalized spacial score (nSPS) is 15.1. The Labute approximate surface area is 238 Å². The predicted octanol–water partition coefficient (Wildman–Crippen LogP) is 6.49. The van der Waals surface area contributed by atoms with Crippen molar-refractivity contribution in [2.24, 2.45) is 0 Å². The first-order valence-corrected chi connectivity index (χ1v) is 14.5. The molecular formula is C35H40N2O3. The molecule has 5 nitrogen and oxygen atoms in total. The Hall–Kier alpha value is -3.70. The van der Waals surface area contributed by atoms with Crippen LogP contribution in [0, 0.1) is 0 Å². The van der Waals surface area contributed by atoms with E-state index in [1.165, 1.54) is 0 Å². The summed E-state index contributed by atoms with van der Waals surface area (Å²) in [6, 6.07) is 22.1. The fourth-order valence-corrected chi connectivity index (χ4v) is 6.08. The Balaban J connectivity index is 1.33. The average molecular weight is 537 g/mol. The van der Waals surface area contributed by atoms with Gasteiger partial charge in [0.1, 0.15) is 12.4 Å². The van der Waals surface area contributed by atoms with Gasteiger partial charge in [0.25, 0.3) is 0 Å². The topological polar surface area (TPSA) is 49.9 Å². The molecule has 0 saturated carbocycles. The van der Waals surface area contributed by atoms with Gasteiger partial charge in [-0.25, -0.2) is 0 Å². The molecule has 40 heavy (non-hydrogen) atoms. The number of rotatable bonds is 10. The highest BCUT2D eigenvalue weighted by molar-refractivity contribution is 6.33. The number of amides is 1. The van der Waals surface area contributed by atoms with Crippen LogP contribution in [-0.4, -0.2) is 49.9 Å². The number of anilines is 1. The molecule has 0 atom stereocenters. The zero-order valence-corrected chi connectivity index (χ0v) is 24.4. The fourth-order valence-electron chi connectivity index (χ4n) is 6.08. The Morgan fingerprint density at radius 3 is 2.40 bits per heavy atom. The standard InChI is InChI=1S/C35H40N2O3/c1-6-37(7-2)19-20-40-27-15-17-29-30(23-27)35(3,4)31-22-25-21-26(14-16-28(25)33(31)34(29)39)36(5)32(38)18-13-24-11-9-8-10-12-24/h8-12,14-17,21,23H,6-7,13,18-20,22H2,1-5H3.